The molecule has 9 heteroatoms. The maximum atomic E-state index is 13.1. The third kappa shape index (κ3) is 4.32. The first kappa shape index (κ1) is 22.9. The SMILES string of the molecule is COc1ccc(N2[C@H](c3ccc([N+](=O)[O-])cc3)CC(=O)[C@H](C)[C@@H]2c2ccc([N+](=O)[O-])cc2)cc1. The van der Waals surface area contributed by atoms with Crippen molar-refractivity contribution in [2.45, 2.75) is 25.4 Å². The van der Waals surface area contributed by atoms with Gasteiger partial charge in [0.2, 0.25) is 0 Å². The van der Waals surface area contributed by atoms with Gasteiger partial charge in [-0.25, -0.2) is 0 Å². The van der Waals surface area contributed by atoms with E-state index in [2.05, 4.69) is 4.90 Å². The first-order valence-corrected chi connectivity index (χ1v) is 10.7. The molecule has 0 saturated carbocycles. The molecule has 1 aliphatic rings. The fraction of sp³-hybridized carbons (Fsp3) is 0.240. The van der Waals surface area contributed by atoms with Gasteiger partial charge in [0.05, 0.1) is 29.0 Å². The Labute approximate surface area is 195 Å². The number of Topliss-reactive ketones (excluding diaryl/α,β-unsaturated/α-hetero) is 1. The molecule has 1 fully saturated rings. The molecule has 9 nitrogen and oxygen atoms in total. The van der Waals surface area contributed by atoms with Gasteiger partial charge in [0.1, 0.15) is 11.5 Å². The van der Waals surface area contributed by atoms with Crippen molar-refractivity contribution in [2.24, 2.45) is 5.92 Å². The summed E-state index contributed by atoms with van der Waals surface area (Å²) in [5, 5.41) is 22.3. The molecule has 3 aromatic rings. The number of nitro benzene ring substituents is 2. The molecule has 0 unspecified atom stereocenters. The van der Waals surface area contributed by atoms with Crippen molar-refractivity contribution >= 4 is 22.8 Å². The van der Waals surface area contributed by atoms with Crippen LogP contribution in [-0.2, 0) is 4.79 Å². The van der Waals surface area contributed by atoms with Crippen molar-refractivity contribution in [2.75, 3.05) is 12.0 Å². The van der Waals surface area contributed by atoms with E-state index >= 15 is 0 Å². The summed E-state index contributed by atoms with van der Waals surface area (Å²) >= 11 is 0. The lowest BCUT2D eigenvalue weighted by molar-refractivity contribution is -0.385. The molecule has 3 atom stereocenters. The Morgan fingerprint density at radius 3 is 1.79 bits per heavy atom. The van der Waals surface area contributed by atoms with Crippen LogP contribution in [0.5, 0.6) is 5.75 Å². The standard InChI is InChI=1S/C25H23N3O6/c1-16-24(29)15-23(17-3-7-20(8-4-17)27(30)31)26(19-11-13-22(34-2)14-12-19)25(16)18-5-9-21(10-6-18)28(32)33/h3-14,16,23,25H,15H2,1-2H3/t16-,23-,25+/m0/s1. The first-order valence-electron chi connectivity index (χ1n) is 10.7. The number of ether oxygens (including phenoxy) is 1. The normalized spacial score (nSPS) is 20.1. The third-order valence-electron chi connectivity index (χ3n) is 6.32. The summed E-state index contributed by atoms with van der Waals surface area (Å²) in [5.74, 6) is 0.359. The van der Waals surface area contributed by atoms with E-state index in [1.54, 1.807) is 31.4 Å². The topological polar surface area (TPSA) is 116 Å². The zero-order valence-corrected chi connectivity index (χ0v) is 18.7. The molecule has 0 amide bonds. The summed E-state index contributed by atoms with van der Waals surface area (Å²) in [4.78, 5) is 36.6. The second kappa shape index (κ2) is 9.30. The number of methoxy groups -OCH3 is 1. The Morgan fingerprint density at radius 2 is 1.32 bits per heavy atom. The van der Waals surface area contributed by atoms with Crippen LogP contribution in [0.2, 0.25) is 0 Å². The van der Waals surface area contributed by atoms with Gasteiger partial charge >= 0.3 is 0 Å². The monoisotopic (exact) mass is 461 g/mol. The number of piperidine rings is 1. The van der Waals surface area contributed by atoms with E-state index in [0.717, 1.165) is 16.8 Å². The van der Waals surface area contributed by atoms with Crippen molar-refractivity contribution in [1.29, 1.82) is 0 Å². The molecule has 34 heavy (non-hydrogen) atoms. The van der Waals surface area contributed by atoms with Crippen LogP contribution in [-0.4, -0.2) is 22.7 Å². The number of hydrogen-bond acceptors (Lipinski definition) is 7. The van der Waals surface area contributed by atoms with Crippen molar-refractivity contribution in [3.05, 3.63) is 104 Å². The van der Waals surface area contributed by atoms with Gasteiger partial charge in [-0.05, 0) is 35.4 Å². The average Bonchev–Trinajstić information content (AvgIpc) is 2.85. The van der Waals surface area contributed by atoms with Gasteiger partial charge < -0.3 is 9.64 Å². The van der Waals surface area contributed by atoms with Gasteiger partial charge in [-0.15, -0.1) is 0 Å². The van der Waals surface area contributed by atoms with Crippen molar-refractivity contribution in [1.82, 2.24) is 0 Å². The van der Waals surface area contributed by atoms with Gasteiger partial charge in [-0.1, -0.05) is 31.2 Å². The minimum atomic E-state index is -0.460. The number of nitrogens with zero attached hydrogens (tertiary/aromatic N) is 3. The van der Waals surface area contributed by atoms with E-state index in [1.807, 2.05) is 31.2 Å². The molecule has 1 saturated heterocycles. The highest BCUT2D eigenvalue weighted by molar-refractivity contribution is 5.85. The van der Waals surface area contributed by atoms with E-state index in [0.29, 0.717) is 5.75 Å². The van der Waals surface area contributed by atoms with Crippen LogP contribution in [0.1, 0.15) is 36.6 Å². The quantitative estimate of drug-likeness (QED) is 0.356. The highest BCUT2D eigenvalue weighted by Gasteiger charge is 2.42. The molecule has 3 aromatic carbocycles. The van der Waals surface area contributed by atoms with Crippen molar-refractivity contribution in [3.8, 4) is 5.75 Å². The Morgan fingerprint density at radius 1 is 0.824 bits per heavy atom. The van der Waals surface area contributed by atoms with Crippen LogP contribution >= 0.6 is 0 Å². The van der Waals surface area contributed by atoms with Crippen LogP contribution in [0.25, 0.3) is 0 Å². The highest BCUT2D eigenvalue weighted by Crippen LogP contribution is 2.46. The minimum absolute atomic E-state index is 0.0258. The van der Waals surface area contributed by atoms with Gasteiger partial charge in [0, 0.05) is 42.3 Å². The van der Waals surface area contributed by atoms with Crippen LogP contribution in [0, 0.1) is 26.1 Å². The van der Waals surface area contributed by atoms with Gasteiger partial charge in [-0.2, -0.15) is 0 Å². The van der Waals surface area contributed by atoms with E-state index in [9.17, 15) is 25.0 Å². The number of carbonyl (C=O) groups excluding carboxylic acids is 1. The second-order valence-electron chi connectivity index (χ2n) is 8.22. The number of anilines is 1. The maximum absolute atomic E-state index is 13.1. The molecule has 0 aliphatic carbocycles. The van der Waals surface area contributed by atoms with Crippen molar-refractivity contribution in [3.63, 3.8) is 0 Å². The number of hydrogen-bond donors (Lipinski definition) is 0. The largest absolute Gasteiger partial charge is 0.497 e. The maximum Gasteiger partial charge on any atom is 0.269 e. The number of benzene rings is 3. The Kier molecular flexibility index (Phi) is 6.27. The van der Waals surface area contributed by atoms with Gasteiger partial charge in [-0.3, -0.25) is 25.0 Å². The second-order valence-corrected chi connectivity index (χ2v) is 8.22. The fourth-order valence-electron chi connectivity index (χ4n) is 4.52. The van der Waals surface area contributed by atoms with Crippen LogP contribution in [0.4, 0.5) is 17.1 Å². The van der Waals surface area contributed by atoms with Gasteiger partial charge in [0.15, 0.2) is 0 Å². The lowest BCUT2D eigenvalue weighted by atomic mass is 9.79. The van der Waals surface area contributed by atoms with Crippen LogP contribution in [0.15, 0.2) is 72.8 Å². The van der Waals surface area contributed by atoms with Crippen LogP contribution in [0.3, 0.4) is 0 Å². The fourth-order valence-corrected chi connectivity index (χ4v) is 4.52. The average molecular weight is 461 g/mol. The van der Waals surface area contributed by atoms with Gasteiger partial charge in [0.25, 0.3) is 11.4 Å². The number of carbonyl (C=O) groups is 1. The molecule has 0 aromatic heterocycles. The summed E-state index contributed by atoms with van der Waals surface area (Å²) in [7, 11) is 1.58. The first-order chi connectivity index (χ1) is 16.3. The number of nitro groups is 2. The summed E-state index contributed by atoms with van der Waals surface area (Å²) in [6, 6.07) is 19.2. The summed E-state index contributed by atoms with van der Waals surface area (Å²) < 4.78 is 5.29. The van der Waals surface area contributed by atoms with Crippen molar-refractivity contribution < 1.29 is 19.4 Å². The van der Waals surface area contributed by atoms with E-state index in [-0.39, 0.29) is 35.5 Å². The third-order valence-corrected chi connectivity index (χ3v) is 6.32. The zero-order valence-electron chi connectivity index (χ0n) is 18.7. The molecule has 0 spiro atoms. The molecular formula is C25H23N3O6. The molecule has 0 bridgehead atoms. The van der Waals surface area contributed by atoms with Crippen LogP contribution < -0.4 is 9.64 Å². The molecule has 174 valence electrons. The zero-order chi connectivity index (χ0) is 24.4. The molecule has 1 heterocycles. The molecule has 4 rings (SSSR count). The smallest absolute Gasteiger partial charge is 0.269 e. The lowest BCUT2D eigenvalue weighted by Gasteiger charge is -2.46. The molecular weight excluding hydrogens is 438 g/mol. The Balaban J connectivity index is 1.84. The molecule has 1 aliphatic heterocycles. The van der Waals surface area contributed by atoms with E-state index in [4.69, 9.17) is 4.74 Å². The summed E-state index contributed by atoms with van der Waals surface area (Å²) in [6.45, 7) is 1.86. The summed E-state index contributed by atoms with van der Waals surface area (Å²) in [6.07, 6.45) is 0.231. The summed E-state index contributed by atoms with van der Waals surface area (Å²) in [5.41, 5.74) is 2.33. The number of non-ortho nitro benzene ring substituents is 2. The minimum Gasteiger partial charge on any atom is -0.497 e. The Hall–Kier alpha value is -4.27. The predicted molar refractivity (Wildman–Crippen MR) is 126 cm³/mol. The lowest BCUT2D eigenvalue weighted by Crippen LogP contribution is -2.45. The Bertz CT molecular complexity index is 1210. The highest BCUT2D eigenvalue weighted by atomic mass is 16.6. The number of rotatable bonds is 6. The molecule has 0 radical (unpaired) electrons. The van der Waals surface area contributed by atoms with E-state index < -0.39 is 15.9 Å². The number of ketones is 1. The van der Waals surface area contributed by atoms with E-state index in [1.165, 1.54) is 24.3 Å². The molecule has 0 N–H and O–H groups in total. The predicted octanol–water partition coefficient (Wildman–Crippen LogP) is 5.41.